The summed E-state index contributed by atoms with van der Waals surface area (Å²) in [7, 11) is 1.43. The maximum absolute atomic E-state index is 11.3. The van der Waals surface area contributed by atoms with E-state index in [1.165, 1.54) is 13.5 Å². The molecular formula is C19H27NO3. The minimum atomic E-state index is -0.165. The number of hydrogen-bond acceptors (Lipinski definition) is 4. The molecule has 0 heterocycles. The summed E-state index contributed by atoms with van der Waals surface area (Å²) in [5.74, 6) is 5.95. The molecule has 5 saturated carbocycles. The van der Waals surface area contributed by atoms with Gasteiger partial charge in [0.2, 0.25) is 0 Å². The van der Waals surface area contributed by atoms with Gasteiger partial charge in [-0.2, -0.15) is 0 Å². The van der Waals surface area contributed by atoms with Crippen molar-refractivity contribution >= 4 is 11.8 Å². The van der Waals surface area contributed by atoms with Gasteiger partial charge in [0.1, 0.15) is 5.78 Å². The van der Waals surface area contributed by atoms with E-state index in [4.69, 9.17) is 0 Å². The van der Waals surface area contributed by atoms with E-state index in [9.17, 15) is 9.59 Å². The number of fused-ring (bicyclic) bond motifs is 2. The Balaban J connectivity index is 0.000000125. The standard InChI is InChI=1S/C9H10O2.C9H10O.CH4.H3N/c1-11-9(10)8-5-6-2-3-7(8)4-6;1-3(10)9-5-2-4-6(7(4)9)8(5)9;;/h2-3,5-7H,4H2,1H3;4-8H,2H2,1H3;1H4;1H3. The fraction of sp³-hybridized carbons (Fsp3) is 0.684. The molecule has 0 aromatic carbocycles. The number of ether oxygens (including phenoxy) is 1. The molecule has 4 nitrogen and oxygen atoms in total. The van der Waals surface area contributed by atoms with E-state index in [1.54, 1.807) is 0 Å². The second-order valence-electron chi connectivity index (χ2n) is 7.63. The highest BCUT2D eigenvalue weighted by atomic mass is 16.5. The molecule has 5 fully saturated rings. The zero-order valence-electron chi connectivity index (χ0n) is 13.1. The largest absolute Gasteiger partial charge is 0.466 e. The Kier molecular flexibility index (Phi) is 3.42. The quantitative estimate of drug-likeness (QED) is 0.626. The lowest BCUT2D eigenvalue weighted by Crippen LogP contribution is -2.26. The molecule has 8 atom stereocenters. The Bertz CT molecular complexity index is 616. The lowest BCUT2D eigenvalue weighted by atomic mass is 9.81. The number of carbonyl (C=O) groups is 2. The van der Waals surface area contributed by atoms with Crippen LogP contribution in [0.2, 0.25) is 0 Å². The van der Waals surface area contributed by atoms with Gasteiger partial charge in [0.25, 0.3) is 0 Å². The number of Topliss-reactive ketones (excluding diaryl/α,β-unsaturated/α-hetero) is 1. The topological polar surface area (TPSA) is 78.4 Å². The fourth-order valence-electron chi connectivity index (χ4n) is 6.45. The normalized spacial score (nSPS) is 49.3. The van der Waals surface area contributed by atoms with Crippen molar-refractivity contribution < 1.29 is 14.3 Å². The number of rotatable bonds is 2. The summed E-state index contributed by atoms with van der Waals surface area (Å²) in [6, 6.07) is 0. The zero-order chi connectivity index (χ0) is 14.5. The van der Waals surface area contributed by atoms with E-state index >= 15 is 0 Å². The summed E-state index contributed by atoms with van der Waals surface area (Å²) in [6.45, 7) is 1.81. The van der Waals surface area contributed by atoms with Crippen molar-refractivity contribution in [2.75, 3.05) is 7.11 Å². The molecule has 8 unspecified atom stereocenters. The van der Waals surface area contributed by atoms with Crippen molar-refractivity contribution in [1.29, 1.82) is 0 Å². The van der Waals surface area contributed by atoms with Crippen LogP contribution in [0, 0.1) is 46.8 Å². The first-order valence-corrected chi connectivity index (χ1v) is 8.10. The van der Waals surface area contributed by atoms with Crippen molar-refractivity contribution in [2.45, 2.75) is 27.2 Å². The summed E-state index contributed by atoms with van der Waals surface area (Å²) in [5, 5.41) is 0. The monoisotopic (exact) mass is 317 g/mol. The summed E-state index contributed by atoms with van der Waals surface area (Å²) in [4.78, 5) is 22.3. The Morgan fingerprint density at radius 3 is 2.26 bits per heavy atom. The van der Waals surface area contributed by atoms with Crippen molar-refractivity contribution in [3.63, 3.8) is 0 Å². The number of carbonyl (C=O) groups excluding carboxylic acids is 2. The molecule has 7 rings (SSSR count). The lowest BCUT2D eigenvalue weighted by Gasteiger charge is -2.20. The number of ketones is 1. The predicted octanol–water partition coefficient (Wildman–Crippen LogP) is 3.18. The highest BCUT2D eigenvalue weighted by Gasteiger charge is 2.97. The van der Waals surface area contributed by atoms with Gasteiger partial charge in [-0.15, -0.1) is 0 Å². The van der Waals surface area contributed by atoms with Crippen LogP contribution in [0.15, 0.2) is 23.8 Å². The number of methoxy groups -OCH3 is 1. The maximum Gasteiger partial charge on any atom is 0.334 e. The molecule has 0 saturated heterocycles. The second kappa shape index (κ2) is 4.79. The fourth-order valence-corrected chi connectivity index (χ4v) is 6.45. The highest BCUT2D eigenvalue weighted by Crippen LogP contribution is 2.98. The van der Waals surface area contributed by atoms with Crippen molar-refractivity contribution in [3.05, 3.63) is 23.8 Å². The van der Waals surface area contributed by atoms with Gasteiger partial charge < -0.3 is 10.9 Å². The summed E-state index contributed by atoms with van der Waals surface area (Å²) < 4.78 is 4.65. The third-order valence-corrected chi connectivity index (χ3v) is 7.15. The van der Waals surface area contributed by atoms with Gasteiger partial charge in [-0.3, -0.25) is 4.79 Å². The van der Waals surface area contributed by atoms with Crippen LogP contribution in [0.25, 0.3) is 0 Å². The molecular weight excluding hydrogens is 290 g/mol. The molecule has 0 aliphatic heterocycles. The SMILES string of the molecule is C.CC(=O)C12C3CC4C(C41)C32.COC(=O)C1=CC2C=CC1C2.N. The van der Waals surface area contributed by atoms with Crippen LogP contribution in [0.4, 0.5) is 0 Å². The molecule has 7 aliphatic rings. The Hall–Kier alpha value is -1.42. The molecule has 23 heavy (non-hydrogen) atoms. The molecule has 4 bridgehead atoms. The molecule has 7 aliphatic carbocycles. The first kappa shape index (κ1) is 16.4. The van der Waals surface area contributed by atoms with E-state index in [0.717, 1.165) is 41.6 Å². The van der Waals surface area contributed by atoms with Crippen LogP contribution in [-0.4, -0.2) is 18.9 Å². The lowest BCUT2D eigenvalue weighted by molar-refractivity contribution is -0.136. The number of esters is 1. The molecule has 0 aromatic heterocycles. The minimum absolute atomic E-state index is 0. The molecule has 0 aromatic rings. The van der Waals surface area contributed by atoms with E-state index in [2.05, 4.69) is 16.9 Å². The van der Waals surface area contributed by atoms with Crippen molar-refractivity contribution in [3.8, 4) is 0 Å². The minimum Gasteiger partial charge on any atom is -0.466 e. The average Bonchev–Trinajstić information content (AvgIpc) is 2.94. The van der Waals surface area contributed by atoms with Crippen LogP contribution in [0.1, 0.15) is 27.2 Å². The molecule has 0 spiro atoms. The first-order valence-electron chi connectivity index (χ1n) is 8.10. The Morgan fingerprint density at radius 2 is 1.96 bits per heavy atom. The second-order valence-corrected chi connectivity index (χ2v) is 7.63. The molecule has 4 heteroatoms. The Morgan fingerprint density at radius 1 is 1.22 bits per heavy atom. The van der Waals surface area contributed by atoms with E-state index in [1.807, 2.05) is 13.0 Å². The van der Waals surface area contributed by atoms with Crippen LogP contribution < -0.4 is 6.15 Å². The first-order chi connectivity index (χ1) is 10.1. The molecule has 126 valence electrons. The van der Waals surface area contributed by atoms with Gasteiger partial charge in [-0.25, -0.2) is 4.79 Å². The highest BCUT2D eigenvalue weighted by molar-refractivity contribution is 5.91. The van der Waals surface area contributed by atoms with E-state index in [0.29, 0.717) is 23.0 Å². The van der Waals surface area contributed by atoms with Crippen molar-refractivity contribution in [1.82, 2.24) is 6.15 Å². The summed E-state index contributed by atoms with van der Waals surface area (Å²) in [6.07, 6.45) is 8.74. The maximum atomic E-state index is 11.3. The number of hydrogen-bond donors (Lipinski definition) is 1. The third kappa shape index (κ3) is 1.65. The summed E-state index contributed by atoms with van der Waals surface area (Å²) in [5.41, 5.74) is 1.16. The van der Waals surface area contributed by atoms with Gasteiger partial charge in [-0.1, -0.05) is 25.7 Å². The Labute approximate surface area is 137 Å². The predicted molar refractivity (Wildman–Crippen MR) is 87.8 cm³/mol. The van der Waals surface area contributed by atoms with Crippen LogP contribution in [0.3, 0.4) is 0 Å². The van der Waals surface area contributed by atoms with Gasteiger partial charge in [0, 0.05) is 16.9 Å². The number of allylic oxidation sites excluding steroid dienone is 3. The smallest absolute Gasteiger partial charge is 0.334 e. The van der Waals surface area contributed by atoms with Gasteiger partial charge in [0.05, 0.1) is 7.11 Å². The van der Waals surface area contributed by atoms with Gasteiger partial charge in [-0.05, 0) is 55.3 Å². The molecule has 3 N–H and O–H groups in total. The molecule has 0 radical (unpaired) electrons. The van der Waals surface area contributed by atoms with Crippen molar-refractivity contribution in [2.24, 2.45) is 46.8 Å². The van der Waals surface area contributed by atoms with Crippen LogP contribution >= 0.6 is 0 Å². The van der Waals surface area contributed by atoms with Gasteiger partial charge in [0.15, 0.2) is 0 Å². The average molecular weight is 317 g/mol. The van der Waals surface area contributed by atoms with Crippen LogP contribution in [-0.2, 0) is 14.3 Å². The molecule has 0 amide bonds. The van der Waals surface area contributed by atoms with E-state index < -0.39 is 0 Å². The van der Waals surface area contributed by atoms with E-state index in [-0.39, 0.29) is 19.5 Å². The van der Waals surface area contributed by atoms with Crippen LogP contribution in [0.5, 0.6) is 0 Å². The third-order valence-electron chi connectivity index (χ3n) is 7.15. The summed E-state index contributed by atoms with van der Waals surface area (Å²) >= 11 is 0. The van der Waals surface area contributed by atoms with Gasteiger partial charge >= 0.3 is 5.97 Å². The zero-order valence-corrected chi connectivity index (χ0v) is 13.1.